The van der Waals surface area contributed by atoms with Gasteiger partial charge in [-0.25, -0.2) is 0 Å². The number of nitrogens with zero attached hydrogens (tertiary/aromatic N) is 2. The van der Waals surface area contributed by atoms with E-state index in [1.807, 2.05) is 31.4 Å². The highest BCUT2D eigenvalue weighted by molar-refractivity contribution is 5.98. The van der Waals surface area contributed by atoms with Gasteiger partial charge in [-0.3, -0.25) is 4.79 Å². The van der Waals surface area contributed by atoms with E-state index in [0.29, 0.717) is 5.92 Å². The fourth-order valence-corrected chi connectivity index (χ4v) is 7.14. The predicted molar refractivity (Wildman–Crippen MR) is 154 cm³/mol. The van der Waals surface area contributed by atoms with Gasteiger partial charge in [0.1, 0.15) is 5.75 Å². The molecule has 0 bridgehead atoms. The van der Waals surface area contributed by atoms with Crippen molar-refractivity contribution in [3.63, 3.8) is 0 Å². The molecule has 0 radical (unpaired) electrons. The molecular formula is C33H42N2O3. The first-order valence-electron chi connectivity index (χ1n) is 14.0. The molecule has 0 unspecified atom stereocenters. The molecule has 1 heterocycles. The minimum atomic E-state index is -0.307. The van der Waals surface area contributed by atoms with Crippen molar-refractivity contribution in [2.75, 3.05) is 40.9 Å². The summed E-state index contributed by atoms with van der Waals surface area (Å²) in [5, 5.41) is 2.26. The van der Waals surface area contributed by atoms with Crippen molar-refractivity contribution in [1.82, 2.24) is 9.80 Å². The highest BCUT2D eigenvalue weighted by Crippen LogP contribution is 2.54. The first-order valence-corrected chi connectivity index (χ1v) is 14.0. The zero-order valence-corrected chi connectivity index (χ0v) is 23.6. The summed E-state index contributed by atoms with van der Waals surface area (Å²) >= 11 is 0. The summed E-state index contributed by atoms with van der Waals surface area (Å²) in [6.07, 6.45) is 3.71. The van der Waals surface area contributed by atoms with Gasteiger partial charge in [0.2, 0.25) is 0 Å². The quantitative estimate of drug-likeness (QED) is 0.379. The number of hydrogen-bond donors (Lipinski definition) is 0. The van der Waals surface area contributed by atoms with Gasteiger partial charge in [-0.1, -0.05) is 56.3 Å². The largest absolute Gasteiger partial charge is 0.497 e. The molecule has 2 fully saturated rings. The Balaban J connectivity index is 1.55. The number of likely N-dealkylation sites (tertiary alicyclic amines) is 1. The number of carbonyl (C=O) groups is 1. The number of rotatable bonds is 7. The molecule has 1 aliphatic heterocycles. The minimum absolute atomic E-state index is 0.132. The Labute approximate surface area is 227 Å². The number of likely N-dealkylation sites (N-methyl/N-ethyl adjacent to an activating group) is 1. The lowest BCUT2D eigenvalue weighted by atomic mass is 9.55. The number of benzene rings is 3. The molecule has 5 nitrogen and oxygen atoms in total. The molecule has 1 aliphatic carbocycles. The van der Waals surface area contributed by atoms with Crippen LogP contribution in [0.2, 0.25) is 0 Å². The maximum absolute atomic E-state index is 14.2. The van der Waals surface area contributed by atoms with Gasteiger partial charge in [-0.2, -0.15) is 0 Å². The van der Waals surface area contributed by atoms with Gasteiger partial charge < -0.3 is 19.3 Å². The molecule has 38 heavy (non-hydrogen) atoms. The van der Waals surface area contributed by atoms with Crippen molar-refractivity contribution in [1.29, 1.82) is 0 Å². The zero-order chi connectivity index (χ0) is 26.9. The summed E-state index contributed by atoms with van der Waals surface area (Å²) in [5.74, 6) is 1.38. The topological polar surface area (TPSA) is 42.0 Å². The number of carbonyl (C=O) groups excluding carboxylic acids is 1. The van der Waals surface area contributed by atoms with Crippen molar-refractivity contribution in [2.24, 2.45) is 5.92 Å². The van der Waals surface area contributed by atoms with Crippen LogP contribution >= 0.6 is 0 Å². The number of hydrogen-bond acceptors (Lipinski definition) is 4. The van der Waals surface area contributed by atoms with Crippen molar-refractivity contribution >= 4 is 16.7 Å². The molecule has 3 aromatic carbocycles. The minimum Gasteiger partial charge on any atom is -0.497 e. The molecule has 3 atom stereocenters. The van der Waals surface area contributed by atoms with Gasteiger partial charge in [0.05, 0.1) is 12.7 Å². The van der Waals surface area contributed by atoms with E-state index in [4.69, 9.17) is 9.47 Å². The Morgan fingerprint density at radius 2 is 1.82 bits per heavy atom. The highest BCUT2D eigenvalue weighted by atomic mass is 16.5. The first-order chi connectivity index (χ1) is 18.3. The lowest BCUT2D eigenvalue weighted by molar-refractivity contribution is -0.150. The van der Waals surface area contributed by atoms with Crippen molar-refractivity contribution in [3.8, 4) is 5.75 Å². The van der Waals surface area contributed by atoms with Crippen LogP contribution < -0.4 is 4.74 Å². The summed E-state index contributed by atoms with van der Waals surface area (Å²) in [6.45, 7) is 7.03. The van der Waals surface area contributed by atoms with E-state index in [2.05, 4.69) is 73.2 Å². The van der Waals surface area contributed by atoms with Crippen LogP contribution in [-0.2, 0) is 10.2 Å². The zero-order valence-electron chi connectivity index (χ0n) is 23.6. The molecule has 1 amide bonds. The molecule has 3 aromatic rings. The monoisotopic (exact) mass is 514 g/mol. The van der Waals surface area contributed by atoms with Crippen LogP contribution in [0.1, 0.15) is 55.5 Å². The molecule has 2 aliphatic rings. The molecule has 0 N–H and O–H groups in total. The first kappa shape index (κ1) is 26.7. The summed E-state index contributed by atoms with van der Waals surface area (Å²) in [4.78, 5) is 18.8. The van der Waals surface area contributed by atoms with Crippen LogP contribution in [-0.4, -0.2) is 68.3 Å². The van der Waals surface area contributed by atoms with Crippen molar-refractivity contribution in [2.45, 2.75) is 56.6 Å². The van der Waals surface area contributed by atoms with E-state index in [-0.39, 0.29) is 23.0 Å². The van der Waals surface area contributed by atoms with Crippen LogP contribution in [0.5, 0.6) is 5.75 Å². The lowest BCUT2D eigenvalue weighted by Gasteiger charge is -2.60. The van der Waals surface area contributed by atoms with Crippen LogP contribution in [0.15, 0.2) is 66.7 Å². The summed E-state index contributed by atoms with van der Waals surface area (Å²) < 4.78 is 12.2. The highest BCUT2D eigenvalue weighted by Gasteiger charge is 2.59. The SMILES string of the molecule is COc1cccc([C@@]23CCN(C)C[C@@]2(OC)CC[C@H](N(CC(C)C)C(=O)c2ccc4ccccc4c2)C3)c1. The fraction of sp³-hybridized carbons (Fsp3) is 0.485. The second-order valence-electron chi connectivity index (χ2n) is 11.8. The number of methoxy groups -OCH3 is 2. The van der Waals surface area contributed by atoms with E-state index >= 15 is 0 Å². The maximum atomic E-state index is 14.2. The van der Waals surface area contributed by atoms with Gasteiger partial charge in [0.15, 0.2) is 0 Å². The number of piperidine rings is 1. The third-order valence-corrected chi connectivity index (χ3v) is 9.06. The Bertz CT molecular complexity index is 1290. The summed E-state index contributed by atoms with van der Waals surface area (Å²) in [7, 11) is 5.79. The van der Waals surface area contributed by atoms with Crippen LogP contribution in [0.4, 0.5) is 0 Å². The van der Waals surface area contributed by atoms with Gasteiger partial charge >= 0.3 is 0 Å². The number of ether oxygens (including phenoxy) is 2. The Kier molecular flexibility index (Phi) is 7.52. The van der Waals surface area contributed by atoms with E-state index < -0.39 is 0 Å². The third kappa shape index (κ3) is 4.71. The number of amides is 1. The summed E-state index contributed by atoms with van der Waals surface area (Å²) in [6, 6.07) is 23.0. The van der Waals surface area contributed by atoms with Crippen LogP contribution in [0, 0.1) is 5.92 Å². The van der Waals surface area contributed by atoms with Gasteiger partial charge in [-0.05, 0) is 85.8 Å². The van der Waals surface area contributed by atoms with E-state index in [9.17, 15) is 4.79 Å². The second-order valence-corrected chi connectivity index (χ2v) is 11.8. The molecule has 0 aromatic heterocycles. The standard InChI is InChI=1S/C33H42N2O3/c1-24(2)22-35(31(36)27-14-13-25-9-6-7-10-26(25)19-27)29-15-16-33(38-5)23-34(3)18-17-32(33,21-29)28-11-8-12-30(20-28)37-4/h6-14,19-20,24,29H,15-18,21-23H2,1-5H3/t29-,32-,33-/m0/s1. The molecule has 5 heteroatoms. The number of fused-ring (bicyclic) bond motifs is 2. The van der Waals surface area contributed by atoms with Crippen LogP contribution in [0.25, 0.3) is 10.8 Å². The van der Waals surface area contributed by atoms with Crippen LogP contribution in [0.3, 0.4) is 0 Å². The average molecular weight is 515 g/mol. The van der Waals surface area contributed by atoms with Crippen molar-refractivity contribution < 1.29 is 14.3 Å². The normalized spacial score (nSPS) is 25.8. The molecule has 0 spiro atoms. The fourth-order valence-electron chi connectivity index (χ4n) is 7.14. The molecular weight excluding hydrogens is 472 g/mol. The smallest absolute Gasteiger partial charge is 0.254 e. The van der Waals surface area contributed by atoms with E-state index in [1.54, 1.807) is 7.11 Å². The maximum Gasteiger partial charge on any atom is 0.254 e. The Morgan fingerprint density at radius 1 is 1.03 bits per heavy atom. The molecule has 5 rings (SSSR count). The Morgan fingerprint density at radius 3 is 2.55 bits per heavy atom. The lowest BCUT2D eigenvalue weighted by Crippen LogP contribution is -2.67. The van der Waals surface area contributed by atoms with Gasteiger partial charge in [-0.15, -0.1) is 0 Å². The molecule has 1 saturated carbocycles. The Hall–Kier alpha value is -2.89. The van der Waals surface area contributed by atoms with Gasteiger partial charge in [0, 0.05) is 37.2 Å². The van der Waals surface area contributed by atoms with E-state index in [1.165, 1.54) is 5.56 Å². The second kappa shape index (κ2) is 10.7. The van der Waals surface area contributed by atoms with Crippen molar-refractivity contribution in [3.05, 3.63) is 77.9 Å². The summed E-state index contributed by atoms with van der Waals surface area (Å²) in [5.41, 5.74) is 1.52. The molecule has 202 valence electrons. The predicted octanol–water partition coefficient (Wildman–Crippen LogP) is 6.16. The van der Waals surface area contributed by atoms with Gasteiger partial charge in [0.25, 0.3) is 5.91 Å². The third-order valence-electron chi connectivity index (χ3n) is 9.06. The average Bonchev–Trinajstić information content (AvgIpc) is 2.94. The van der Waals surface area contributed by atoms with E-state index in [0.717, 1.165) is 67.4 Å². The molecule has 1 saturated heterocycles.